The zero-order valence-electron chi connectivity index (χ0n) is 10.7. The molecular weight excluding hydrogens is 244 g/mol. The Kier molecular flexibility index (Phi) is 4.63. The van der Waals surface area contributed by atoms with Gasteiger partial charge in [0.05, 0.1) is 0 Å². The standard InChI is InChI=1S/C13H16N4O2/c1-2-14-8-7-12(18)16-11-5-3-10(4-6-11)13-17-15-9-19-13/h3-6,9,14H,2,7-8H2,1H3,(H,16,18). The number of aromatic nitrogens is 2. The molecule has 100 valence electrons. The fourth-order valence-electron chi connectivity index (χ4n) is 1.60. The second kappa shape index (κ2) is 6.65. The molecule has 2 rings (SSSR count). The van der Waals surface area contributed by atoms with Crippen molar-refractivity contribution >= 4 is 11.6 Å². The van der Waals surface area contributed by atoms with E-state index in [4.69, 9.17) is 4.42 Å². The number of nitrogens with one attached hydrogen (secondary N) is 2. The molecule has 6 nitrogen and oxygen atoms in total. The Morgan fingerprint density at radius 1 is 1.32 bits per heavy atom. The van der Waals surface area contributed by atoms with Gasteiger partial charge in [-0.05, 0) is 30.8 Å². The summed E-state index contributed by atoms with van der Waals surface area (Å²) in [4.78, 5) is 11.6. The minimum absolute atomic E-state index is 0.00788. The number of amides is 1. The van der Waals surface area contributed by atoms with Crippen LogP contribution in [0.2, 0.25) is 0 Å². The molecule has 1 amide bonds. The van der Waals surface area contributed by atoms with Crippen molar-refractivity contribution in [3.63, 3.8) is 0 Å². The fourth-order valence-corrected chi connectivity index (χ4v) is 1.60. The van der Waals surface area contributed by atoms with E-state index in [1.54, 1.807) is 0 Å². The van der Waals surface area contributed by atoms with Gasteiger partial charge in [0.1, 0.15) is 0 Å². The van der Waals surface area contributed by atoms with Crippen molar-refractivity contribution in [3.05, 3.63) is 30.7 Å². The van der Waals surface area contributed by atoms with Gasteiger partial charge in [-0.2, -0.15) is 0 Å². The first-order valence-electron chi connectivity index (χ1n) is 6.16. The van der Waals surface area contributed by atoms with Gasteiger partial charge >= 0.3 is 0 Å². The summed E-state index contributed by atoms with van der Waals surface area (Å²) in [6.45, 7) is 3.56. The van der Waals surface area contributed by atoms with Crippen molar-refractivity contribution in [1.29, 1.82) is 0 Å². The minimum Gasteiger partial charge on any atom is -0.423 e. The highest BCUT2D eigenvalue weighted by atomic mass is 16.4. The van der Waals surface area contributed by atoms with Gasteiger partial charge in [0.2, 0.25) is 18.2 Å². The van der Waals surface area contributed by atoms with E-state index in [0.29, 0.717) is 18.9 Å². The lowest BCUT2D eigenvalue weighted by atomic mass is 10.2. The Bertz CT molecular complexity index is 508. The molecule has 6 heteroatoms. The third-order valence-corrected chi connectivity index (χ3v) is 2.55. The van der Waals surface area contributed by atoms with Crippen molar-refractivity contribution in [2.75, 3.05) is 18.4 Å². The molecule has 0 aliphatic heterocycles. The molecule has 0 unspecified atom stereocenters. The average Bonchev–Trinajstić information content (AvgIpc) is 2.94. The van der Waals surface area contributed by atoms with Crippen LogP contribution in [0, 0.1) is 0 Å². The molecule has 1 aromatic heterocycles. The van der Waals surface area contributed by atoms with Gasteiger partial charge in [-0.25, -0.2) is 0 Å². The summed E-state index contributed by atoms with van der Waals surface area (Å²) in [6.07, 6.45) is 1.74. The van der Waals surface area contributed by atoms with Gasteiger partial charge in [-0.1, -0.05) is 6.92 Å². The maximum absolute atomic E-state index is 11.6. The van der Waals surface area contributed by atoms with E-state index in [0.717, 1.165) is 17.8 Å². The zero-order valence-corrected chi connectivity index (χ0v) is 10.7. The molecule has 1 heterocycles. The number of hydrogen-bond donors (Lipinski definition) is 2. The van der Waals surface area contributed by atoms with Crippen molar-refractivity contribution in [2.45, 2.75) is 13.3 Å². The van der Waals surface area contributed by atoms with Gasteiger partial charge in [0.15, 0.2) is 0 Å². The second-order valence-corrected chi connectivity index (χ2v) is 3.97. The topological polar surface area (TPSA) is 80.0 Å². The average molecular weight is 260 g/mol. The van der Waals surface area contributed by atoms with Crippen LogP contribution in [0.5, 0.6) is 0 Å². The highest BCUT2D eigenvalue weighted by Gasteiger charge is 2.05. The van der Waals surface area contributed by atoms with E-state index >= 15 is 0 Å². The van der Waals surface area contributed by atoms with Crippen LogP contribution in [0.25, 0.3) is 11.5 Å². The lowest BCUT2D eigenvalue weighted by molar-refractivity contribution is -0.116. The van der Waals surface area contributed by atoms with E-state index in [1.807, 2.05) is 31.2 Å². The fraction of sp³-hybridized carbons (Fsp3) is 0.308. The molecule has 0 saturated carbocycles. The monoisotopic (exact) mass is 260 g/mol. The molecule has 19 heavy (non-hydrogen) atoms. The van der Waals surface area contributed by atoms with Crippen LogP contribution in [0.4, 0.5) is 5.69 Å². The molecule has 0 aliphatic rings. The maximum atomic E-state index is 11.6. The van der Waals surface area contributed by atoms with Crippen molar-refractivity contribution < 1.29 is 9.21 Å². The van der Waals surface area contributed by atoms with Crippen LogP contribution in [-0.4, -0.2) is 29.2 Å². The molecule has 1 aromatic carbocycles. The minimum atomic E-state index is -0.00788. The second-order valence-electron chi connectivity index (χ2n) is 3.97. The number of nitrogens with zero attached hydrogens (tertiary/aromatic N) is 2. The highest BCUT2D eigenvalue weighted by Crippen LogP contribution is 2.18. The molecule has 2 aromatic rings. The van der Waals surface area contributed by atoms with E-state index in [1.165, 1.54) is 6.39 Å². The molecule has 0 fully saturated rings. The van der Waals surface area contributed by atoms with Gasteiger partial charge in [-0.15, -0.1) is 10.2 Å². The molecule has 0 spiro atoms. The molecule has 0 radical (unpaired) electrons. The molecule has 2 N–H and O–H groups in total. The van der Waals surface area contributed by atoms with Crippen molar-refractivity contribution in [3.8, 4) is 11.5 Å². The first kappa shape index (κ1) is 13.2. The smallest absolute Gasteiger partial charge is 0.247 e. The Labute approximate surface area is 111 Å². The summed E-state index contributed by atoms with van der Waals surface area (Å²) in [5.41, 5.74) is 1.58. The molecular formula is C13H16N4O2. The van der Waals surface area contributed by atoms with Crippen LogP contribution in [-0.2, 0) is 4.79 Å². The summed E-state index contributed by atoms with van der Waals surface area (Å²) in [5.74, 6) is 0.455. The summed E-state index contributed by atoms with van der Waals surface area (Å²) in [7, 11) is 0. The molecule has 0 saturated heterocycles. The SMILES string of the molecule is CCNCCC(=O)Nc1ccc(-c2nnco2)cc1. The Balaban J connectivity index is 1.90. The van der Waals surface area contributed by atoms with Gasteiger partial charge in [-0.3, -0.25) is 4.79 Å². The normalized spacial score (nSPS) is 10.4. The predicted octanol–water partition coefficient (Wildman–Crippen LogP) is 1.67. The zero-order chi connectivity index (χ0) is 13.5. The Hall–Kier alpha value is -2.21. The first-order valence-corrected chi connectivity index (χ1v) is 6.16. The number of benzene rings is 1. The van der Waals surface area contributed by atoms with Crippen LogP contribution >= 0.6 is 0 Å². The number of rotatable bonds is 6. The summed E-state index contributed by atoms with van der Waals surface area (Å²) < 4.78 is 5.09. The van der Waals surface area contributed by atoms with Gasteiger partial charge in [0, 0.05) is 24.2 Å². The Morgan fingerprint density at radius 3 is 2.74 bits per heavy atom. The van der Waals surface area contributed by atoms with E-state index in [9.17, 15) is 4.79 Å². The van der Waals surface area contributed by atoms with Crippen LogP contribution in [0.1, 0.15) is 13.3 Å². The lowest BCUT2D eigenvalue weighted by Crippen LogP contribution is -2.21. The van der Waals surface area contributed by atoms with Gasteiger partial charge in [0.25, 0.3) is 0 Å². The van der Waals surface area contributed by atoms with Gasteiger partial charge < -0.3 is 15.1 Å². The van der Waals surface area contributed by atoms with Crippen molar-refractivity contribution in [1.82, 2.24) is 15.5 Å². The third kappa shape index (κ3) is 3.89. The molecule has 0 atom stereocenters. The van der Waals surface area contributed by atoms with Crippen LogP contribution in [0.3, 0.4) is 0 Å². The maximum Gasteiger partial charge on any atom is 0.247 e. The summed E-state index contributed by atoms with van der Waals surface area (Å²) in [5, 5.41) is 13.4. The summed E-state index contributed by atoms with van der Waals surface area (Å²) >= 11 is 0. The third-order valence-electron chi connectivity index (χ3n) is 2.55. The molecule has 0 aliphatic carbocycles. The van der Waals surface area contributed by atoms with Crippen LogP contribution < -0.4 is 10.6 Å². The van der Waals surface area contributed by atoms with Crippen molar-refractivity contribution in [2.24, 2.45) is 0 Å². The number of carbonyl (C=O) groups excluding carboxylic acids is 1. The Morgan fingerprint density at radius 2 is 2.11 bits per heavy atom. The first-order chi connectivity index (χ1) is 9.29. The number of carbonyl (C=O) groups is 1. The molecule has 0 bridgehead atoms. The quantitative estimate of drug-likeness (QED) is 0.772. The largest absolute Gasteiger partial charge is 0.423 e. The summed E-state index contributed by atoms with van der Waals surface area (Å²) in [6, 6.07) is 7.27. The van der Waals surface area contributed by atoms with E-state index in [-0.39, 0.29) is 5.91 Å². The predicted molar refractivity (Wildman–Crippen MR) is 71.5 cm³/mol. The number of hydrogen-bond acceptors (Lipinski definition) is 5. The number of anilines is 1. The highest BCUT2D eigenvalue weighted by molar-refractivity contribution is 5.91. The van der Waals surface area contributed by atoms with Crippen LogP contribution in [0.15, 0.2) is 35.1 Å². The lowest BCUT2D eigenvalue weighted by Gasteiger charge is -2.05. The van der Waals surface area contributed by atoms with E-state index in [2.05, 4.69) is 20.8 Å². The van der Waals surface area contributed by atoms with E-state index < -0.39 is 0 Å².